The fourth-order valence-corrected chi connectivity index (χ4v) is 5.30. The number of halogens is 1. The van der Waals surface area contributed by atoms with Crippen molar-refractivity contribution in [3.8, 4) is 28.4 Å². The van der Waals surface area contributed by atoms with Crippen LogP contribution in [0.1, 0.15) is 52.7 Å². The number of nitrogens with zero attached hydrogens (tertiary/aromatic N) is 4. The van der Waals surface area contributed by atoms with Crippen molar-refractivity contribution < 1.29 is 9.13 Å². The van der Waals surface area contributed by atoms with E-state index in [0.29, 0.717) is 46.8 Å². The van der Waals surface area contributed by atoms with E-state index in [1.807, 2.05) is 26.1 Å². The summed E-state index contributed by atoms with van der Waals surface area (Å²) in [6, 6.07) is 6.87. The molecule has 0 amide bonds. The summed E-state index contributed by atoms with van der Waals surface area (Å²) in [6.07, 6.45) is 7.06. The molecule has 6 heteroatoms. The van der Waals surface area contributed by atoms with Crippen LogP contribution in [0.15, 0.2) is 36.7 Å². The molecule has 3 aromatic rings. The highest BCUT2D eigenvalue weighted by Crippen LogP contribution is 2.43. The Bertz CT molecular complexity index is 1070. The first-order valence-electron chi connectivity index (χ1n) is 11.1. The van der Waals surface area contributed by atoms with Crippen molar-refractivity contribution in [2.45, 2.75) is 52.4 Å². The van der Waals surface area contributed by atoms with E-state index in [1.54, 1.807) is 17.1 Å². The normalized spacial score (nSPS) is 23.7. The maximum absolute atomic E-state index is 14.6. The van der Waals surface area contributed by atoms with E-state index < -0.39 is 0 Å². The molecular formula is C25H31FN4O. The molecule has 2 heterocycles. The highest BCUT2D eigenvalue weighted by Gasteiger charge is 2.36. The van der Waals surface area contributed by atoms with Crippen LogP contribution in [0.25, 0.3) is 22.6 Å². The largest absolute Gasteiger partial charge is 0.490 e. The molecule has 1 aliphatic rings. The van der Waals surface area contributed by atoms with Crippen LogP contribution in [0.5, 0.6) is 5.75 Å². The zero-order valence-corrected chi connectivity index (χ0v) is 19.0. The Morgan fingerprint density at radius 2 is 1.87 bits per heavy atom. The summed E-state index contributed by atoms with van der Waals surface area (Å²) in [5, 5.41) is 4.48. The minimum Gasteiger partial charge on any atom is -0.490 e. The predicted octanol–water partition coefficient (Wildman–Crippen LogP) is 5.80. The topological polar surface area (TPSA) is 52.8 Å². The van der Waals surface area contributed by atoms with E-state index >= 15 is 0 Å². The fraction of sp³-hybridized carbons (Fsp3) is 0.480. The van der Waals surface area contributed by atoms with Crippen molar-refractivity contribution >= 4 is 0 Å². The van der Waals surface area contributed by atoms with Crippen LogP contribution in [0.2, 0.25) is 0 Å². The van der Waals surface area contributed by atoms with Crippen LogP contribution in [0.4, 0.5) is 4.39 Å². The maximum atomic E-state index is 14.6. The molecule has 31 heavy (non-hydrogen) atoms. The second kappa shape index (κ2) is 8.40. The molecule has 2 atom stereocenters. The molecule has 0 aliphatic heterocycles. The van der Waals surface area contributed by atoms with Gasteiger partial charge in [0.2, 0.25) is 0 Å². The molecule has 164 valence electrons. The number of hydrogen-bond acceptors (Lipinski definition) is 4. The van der Waals surface area contributed by atoms with Gasteiger partial charge in [0.15, 0.2) is 11.6 Å². The monoisotopic (exact) mass is 422 g/mol. The highest BCUT2D eigenvalue weighted by atomic mass is 19.1. The third kappa shape index (κ3) is 4.48. The average Bonchev–Trinajstić information content (AvgIpc) is 3.07. The van der Waals surface area contributed by atoms with Crippen LogP contribution >= 0.6 is 0 Å². The molecule has 0 saturated heterocycles. The van der Waals surface area contributed by atoms with Gasteiger partial charge in [-0.25, -0.2) is 14.4 Å². The first kappa shape index (κ1) is 21.5. The summed E-state index contributed by atoms with van der Waals surface area (Å²) in [6.45, 7) is 9.36. The Kier molecular flexibility index (Phi) is 5.82. The summed E-state index contributed by atoms with van der Waals surface area (Å²) < 4.78 is 22.0. The predicted molar refractivity (Wildman–Crippen MR) is 120 cm³/mol. The average molecular weight is 423 g/mol. The van der Waals surface area contributed by atoms with Gasteiger partial charge in [0, 0.05) is 29.8 Å². The van der Waals surface area contributed by atoms with E-state index in [1.165, 1.54) is 18.6 Å². The van der Waals surface area contributed by atoms with Crippen molar-refractivity contribution in [2.75, 3.05) is 6.61 Å². The van der Waals surface area contributed by atoms with Crippen LogP contribution in [-0.4, -0.2) is 26.4 Å². The van der Waals surface area contributed by atoms with Crippen LogP contribution in [-0.2, 0) is 12.5 Å². The number of rotatable bonds is 5. The fourth-order valence-electron chi connectivity index (χ4n) is 5.30. The van der Waals surface area contributed by atoms with Gasteiger partial charge in [-0.2, -0.15) is 5.10 Å². The van der Waals surface area contributed by atoms with E-state index in [9.17, 15) is 4.39 Å². The number of aryl methyl sites for hydroxylation is 1. The Morgan fingerprint density at radius 3 is 2.58 bits per heavy atom. The molecule has 4 rings (SSSR count). The van der Waals surface area contributed by atoms with Crippen LogP contribution < -0.4 is 4.74 Å². The molecule has 1 saturated carbocycles. The summed E-state index contributed by atoms with van der Waals surface area (Å²) in [5.74, 6) is 2.15. The molecule has 0 radical (unpaired) electrons. The van der Waals surface area contributed by atoms with Gasteiger partial charge in [-0.05, 0) is 62.3 Å². The smallest absolute Gasteiger partial charge is 0.165 e. The SMILES string of the molecule is CCOc1cn(C)nc1-c1cc(F)cc(-c2nccc(C3(C)CC(C)CC(C)C3)n2)c1. The second-order valence-electron chi connectivity index (χ2n) is 9.36. The zero-order valence-electron chi connectivity index (χ0n) is 19.0. The molecule has 2 aromatic heterocycles. The summed E-state index contributed by atoms with van der Waals surface area (Å²) in [7, 11) is 1.83. The van der Waals surface area contributed by atoms with Gasteiger partial charge in [-0.3, -0.25) is 4.68 Å². The lowest BCUT2D eigenvalue weighted by Crippen LogP contribution is -2.33. The summed E-state index contributed by atoms with van der Waals surface area (Å²) in [5.41, 5.74) is 2.95. The van der Waals surface area contributed by atoms with Gasteiger partial charge in [0.25, 0.3) is 0 Å². The van der Waals surface area contributed by atoms with Gasteiger partial charge in [0.05, 0.1) is 18.5 Å². The lowest BCUT2D eigenvalue weighted by molar-refractivity contribution is 0.190. The van der Waals surface area contributed by atoms with Crippen molar-refractivity contribution in [1.29, 1.82) is 0 Å². The van der Waals surface area contributed by atoms with Gasteiger partial charge in [-0.1, -0.05) is 20.8 Å². The lowest BCUT2D eigenvalue weighted by Gasteiger charge is -2.40. The maximum Gasteiger partial charge on any atom is 0.165 e. The minimum absolute atomic E-state index is 0.00799. The van der Waals surface area contributed by atoms with Crippen molar-refractivity contribution in [3.05, 3.63) is 48.2 Å². The van der Waals surface area contributed by atoms with E-state index in [-0.39, 0.29) is 11.2 Å². The van der Waals surface area contributed by atoms with Gasteiger partial charge < -0.3 is 4.74 Å². The molecule has 0 spiro atoms. The Labute approximate surface area is 183 Å². The number of aromatic nitrogens is 4. The van der Waals surface area contributed by atoms with Gasteiger partial charge in [-0.15, -0.1) is 0 Å². The lowest BCUT2D eigenvalue weighted by atomic mass is 9.66. The van der Waals surface area contributed by atoms with Crippen molar-refractivity contribution in [3.63, 3.8) is 0 Å². The van der Waals surface area contributed by atoms with Crippen LogP contribution in [0, 0.1) is 17.7 Å². The van der Waals surface area contributed by atoms with E-state index in [4.69, 9.17) is 9.72 Å². The molecule has 0 N–H and O–H groups in total. The number of benzene rings is 1. The molecule has 5 nitrogen and oxygen atoms in total. The second-order valence-corrected chi connectivity index (χ2v) is 9.36. The minimum atomic E-state index is -0.347. The van der Waals surface area contributed by atoms with Gasteiger partial charge >= 0.3 is 0 Å². The van der Waals surface area contributed by atoms with Crippen molar-refractivity contribution in [2.24, 2.45) is 18.9 Å². The Hall–Kier alpha value is -2.76. The van der Waals surface area contributed by atoms with Crippen molar-refractivity contribution in [1.82, 2.24) is 19.7 Å². The first-order chi connectivity index (χ1) is 14.8. The third-order valence-corrected chi connectivity index (χ3v) is 6.20. The zero-order chi connectivity index (χ0) is 22.2. The molecule has 2 unspecified atom stereocenters. The highest BCUT2D eigenvalue weighted by molar-refractivity contribution is 5.71. The Balaban J connectivity index is 1.74. The molecule has 1 aliphatic carbocycles. The van der Waals surface area contributed by atoms with Crippen LogP contribution in [0.3, 0.4) is 0 Å². The summed E-state index contributed by atoms with van der Waals surface area (Å²) in [4.78, 5) is 9.39. The number of hydrogen-bond donors (Lipinski definition) is 0. The van der Waals surface area contributed by atoms with E-state index in [2.05, 4.69) is 30.9 Å². The molecule has 1 fully saturated rings. The first-order valence-corrected chi connectivity index (χ1v) is 11.1. The molecule has 1 aromatic carbocycles. The molecular weight excluding hydrogens is 391 g/mol. The molecule has 0 bridgehead atoms. The van der Waals surface area contributed by atoms with E-state index in [0.717, 1.165) is 18.5 Å². The van der Waals surface area contributed by atoms with Gasteiger partial charge in [0.1, 0.15) is 11.5 Å². The third-order valence-electron chi connectivity index (χ3n) is 6.20. The standard InChI is InChI=1S/C25H31FN4O/c1-6-31-21-15-30(5)29-23(21)18-10-19(12-20(26)11-18)24-27-8-7-22(28-24)25(4)13-16(2)9-17(3)14-25/h7-8,10-12,15-17H,6,9,13-14H2,1-5H3. The summed E-state index contributed by atoms with van der Waals surface area (Å²) >= 11 is 0. The quantitative estimate of drug-likeness (QED) is 0.522. The number of ether oxygens (including phenoxy) is 1. The Morgan fingerprint density at radius 1 is 1.16 bits per heavy atom.